The lowest BCUT2D eigenvalue weighted by atomic mass is 10.1. The van der Waals surface area contributed by atoms with E-state index < -0.39 is 5.97 Å². The lowest BCUT2D eigenvalue weighted by molar-refractivity contribution is -0.254. The number of carbonyl (C=O) groups is 1. The van der Waals surface area contributed by atoms with Gasteiger partial charge in [0.1, 0.15) is 23.7 Å². The third kappa shape index (κ3) is 2.55. The molecule has 0 atom stereocenters. The zero-order valence-electron chi connectivity index (χ0n) is 12.4. The third-order valence-corrected chi connectivity index (χ3v) is 3.70. The fourth-order valence-corrected chi connectivity index (χ4v) is 2.48. The second kappa shape index (κ2) is 5.56. The van der Waals surface area contributed by atoms with Gasteiger partial charge in [-0.2, -0.15) is 0 Å². The predicted molar refractivity (Wildman–Crippen MR) is 80.8 cm³/mol. The number of carbonyl (C=O) groups excluding carboxylic acids is 1. The van der Waals surface area contributed by atoms with Gasteiger partial charge in [0.15, 0.2) is 0 Å². The van der Waals surface area contributed by atoms with Gasteiger partial charge in [0, 0.05) is 10.9 Å². The predicted octanol–water partition coefficient (Wildman–Crippen LogP) is 2.99. The first-order valence-electron chi connectivity index (χ1n) is 6.98. The summed E-state index contributed by atoms with van der Waals surface area (Å²) >= 11 is 0. The Balaban J connectivity index is 1.90. The van der Waals surface area contributed by atoms with Crippen molar-refractivity contribution in [1.82, 2.24) is 0 Å². The fourth-order valence-electron chi connectivity index (χ4n) is 2.48. The summed E-state index contributed by atoms with van der Waals surface area (Å²) in [4.78, 5) is 11.2. The molecule has 4 heteroatoms. The van der Waals surface area contributed by atoms with E-state index in [1.807, 2.05) is 31.2 Å². The standard InChI is InChI=1S/C18H16O4/c1-11-5-3-4-6-13(11)10-21-14-7-8-16-15(9-14)17(18(19)20)12(2)22-16/h3-9H,10H2,1-2H3,(H,19,20)/p-1. The molecule has 0 radical (unpaired) electrons. The van der Waals surface area contributed by atoms with Crippen molar-refractivity contribution in [2.24, 2.45) is 0 Å². The molecule has 2 aromatic carbocycles. The number of hydrogen-bond donors (Lipinski definition) is 0. The molecule has 1 aromatic heterocycles. The van der Waals surface area contributed by atoms with Crippen LogP contribution in [0, 0.1) is 13.8 Å². The Labute approximate surface area is 127 Å². The fraction of sp³-hybridized carbons (Fsp3) is 0.167. The average Bonchev–Trinajstić information content (AvgIpc) is 2.81. The number of furan rings is 1. The van der Waals surface area contributed by atoms with Crippen LogP contribution in [-0.4, -0.2) is 5.97 Å². The van der Waals surface area contributed by atoms with E-state index in [9.17, 15) is 9.90 Å². The molecule has 0 spiro atoms. The van der Waals surface area contributed by atoms with Crippen molar-refractivity contribution in [3.63, 3.8) is 0 Å². The molecule has 0 aliphatic rings. The zero-order chi connectivity index (χ0) is 15.7. The van der Waals surface area contributed by atoms with Crippen LogP contribution < -0.4 is 9.84 Å². The molecule has 0 unspecified atom stereocenters. The lowest BCUT2D eigenvalue weighted by Gasteiger charge is -2.09. The molecule has 22 heavy (non-hydrogen) atoms. The second-order valence-electron chi connectivity index (χ2n) is 5.19. The van der Waals surface area contributed by atoms with Gasteiger partial charge >= 0.3 is 0 Å². The number of aryl methyl sites for hydroxylation is 2. The van der Waals surface area contributed by atoms with Crippen molar-refractivity contribution in [2.75, 3.05) is 0 Å². The van der Waals surface area contributed by atoms with E-state index in [1.165, 1.54) is 0 Å². The average molecular weight is 295 g/mol. The summed E-state index contributed by atoms with van der Waals surface area (Å²) in [7, 11) is 0. The molecule has 0 N–H and O–H groups in total. The maximum Gasteiger partial charge on any atom is 0.135 e. The number of aromatic carboxylic acids is 1. The van der Waals surface area contributed by atoms with E-state index in [2.05, 4.69) is 0 Å². The number of benzene rings is 2. The second-order valence-corrected chi connectivity index (χ2v) is 5.19. The summed E-state index contributed by atoms with van der Waals surface area (Å²) in [5.74, 6) is -0.308. The van der Waals surface area contributed by atoms with Gasteiger partial charge < -0.3 is 19.1 Å². The van der Waals surface area contributed by atoms with Gasteiger partial charge in [-0.1, -0.05) is 24.3 Å². The monoisotopic (exact) mass is 295 g/mol. The Bertz CT molecular complexity index is 845. The van der Waals surface area contributed by atoms with Crippen LogP contribution in [0.3, 0.4) is 0 Å². The van der Waals surface area contributed by atoms with Crippen LogP contribution in [0.5, 0.6) is 5.75 Å². The largest absolute Gasteiger partial charge is 0.545 e. The molecular formula is C18H15O4-. The molecule has 3 aromatic rings. The Kier molecular flexibility index (Phi) is 3.59. The molecule has 0 aliphatic heterocycles. The zero-order valence-corrected chi connectivity index (χ0v) is 12.4. The van der Waals surface area contributed by atoms with Crippen LogP contribution in [-0.2, 0) is 6.61 Å². The van der Waals surface area contributed by atoms with Crippen LogP contribution in [0.15, 0.2) is 46.9 Å². The Morgan fingerprint density at radius 1 is 1.18 bits per heavy atom. The van der Waals surface area contributed by atoms with Crippen molar-refractivity contribution >= 4 is 16.9 Å². The third-order valence-electron chi connectivity index (χ3n) is 3.70. The number of ether oxygens (including phenoxy) is 1. The Morgan fingerprint density at radius 2 is 1.95 bits per heavy atom. The Morgan fingerprint density at radius 3 is 2.68 bits per heavy atom. The minimum atomic E-state index is -1.24. The van der Waals surface area contributed by atoms with Gasteiger partial charge in [-0.15, -0.1) is 0 Å². The van der Waals surface area contributed by atoms with E-state index >= 15 is 0 Å². The molecule has 4 nitrogen and oxygen atoms in total. The van der Waals surface area contributed by atoms with E-state index in [0.29, 0.717) is 29.1 Å². The minimum Gasteiger partial charge on any atom is -0.545 e. The molecule has 0 bridgehead atoms. The highest BCUT2D eigenvalue weighted by Crippen LogP contribution is 2.29. The first kappa shape index (κ1) is 14.2. The molecule has 0 saturated heterocycles. The number of fused-ring (bicyclic) bond motifs is 1. The molecular weight excluding hydrogens is 280 g/mol. The van der Waals surface area contributed by atoms with E-state index in [4.69, 9.17) is 9.15 Å². The normalized spacial score (nSPS) is 10.8. The highest BCUT2D eigenvalue weighted by atomic mass is 16.5. The topological polar surface area (TPSA) is 62.5 Å². The van der Waals surface area contributed by atoms with Crippen molar-refractivity contribution in [3.05, 3.63) is 64.9 Å². The summed E-state index contributed by atoms with van der Waals surface area (Å²) in [6.45, 7) is 4.06. The Hall–Kier alpha value is -2.75. The van der Waals surface area contributed by atoms with Crippen LogP contribution in [0.2, 0.25) is 0 Å². The van der Waals surface area contributed by atoms with Gasteiger partial charge in [-0.05, 0) is 43.2 Å². The smallest absolute Gasteiger partial charge is 0.135 e. The van der Waals surface area contributed by atoms with Gasteiger partial charge in [0.2, 0.25) is 0 Å². The quantitative estimate of drug-likeness (QED) is 0.742. The van der Waals surface area contributed by atoms with Crippen molar-refractivity contribution in [2.45, 2.75) is 20.5 Å². The molecule has 1 heterocycles. The molecule has 112 valence electrons. The van der Waals surface area contributed by atoms with Gasteiger partial charge in [-0.3, -0.25) is 0 Å². The summed E-state index contributed by atoms with van der Waals surface area (Å²) in [5, 5.41) is 11.7. The first-order valence-corrected chi connectivity index (χ1v) is 6.98. The summed E-state index contributed by atoms with van der Waals surface area (Å²) < 4.78 is 11.2. The summed E-state index contributed by atoms with van der Waals surface area (Å²) in [6, 6.07) is 13.1. The lowest BCUT2D eigenvalue weighted by Crippen LogP contribution is -2.22. The SMILES string of the molecule is Cc1ccccc1COc1ccc2oc(C)c(C(=O)[O-])c2c1. The minimum absolute atomic E-state index is 0.0799. The van der Waals surface area contributed by atoms with Crippen LogP contribution >= 0.6 is 0 Å². The van der Waals surface area contributed by atoms with Gasteiger partial charge in [-0.25, -0.2) is 0 Å². The maximum absolute atomic E-state index is 11.2. The molecule has 0 saturated carbocycles. The van der Waals surface area contributed by atoms with Crippen molar-refractivity contribution < 1.29 is 19.1 Å². The highest BCUT2D eigenvalue weighted by molar-refractivity contribution is 6.03. The number of hydrogen-bond acceptors (Lipinski definition) is 4. The molecule has 0 amide bonds. The van der Waals surface area contributed by atoms with Gasteiger partial charge in [0.25, 0.3) is 0 Å². The van der Waals surface area contributed by atoms with Gasteiger partial charge in [0.05, 0.1) is 5.97 Å². The number of carboxylic acids is 1. The maximum atomic E-state index is 11.2. The van der Waals surface area contributed by atoms with Crippen LogP contribution in [0.25, 0.3) is 11.0 Å². The van der Waals surface area contributed by atoms with E-state index in [-0.39, 0.29) is 5.56 Å². The molecule has 0 aliphatic carbocycles. The van der Waals surface area contributed by atoms with Crippen molar-refractivity contribution in [3.8, 4) is 5.75 Å². The van der Waals surface area contributed by atoms with Crippen LogP contribution in [0.4, 0.5) is 0 Å². The molecule has 0 fully saturated rings. The number of carboxylic acid groups (broad SMARTS) is 1. The number of rotatable bonds is 4. The van der Waals surface area contributed by atoms with E-state index in [1.54, 1.807) is 25.1 Å². The first-order chi connectivity index (χ1) is 10.6. The van der Waals surface area contributed by atoms with Crippen molar-refractivity contribution in [1.29, 1.82) is 0 Å². The summed E-state index contributed by atoms with van der Waals surface area (Å²) in [5.41, 5.74) is 2.83. The molecule has 3 rings (SSSR count). The highest BCUT2D eigenvalue weighted by Gasteiger charge is 2.12. The van der Waals surface area contributed by atoms with E-state index in [0.717, 1.165) is 11.1 Å². The van der Waals surface area contributed by atoms with Crippen LogP contribution in [0.1, 0.15) is 27.2 Å². The summed E-state index contributed by atoms with van der Waals surface area (Å²) in [6.07, 6.45) is 0.